The zero-order chi connectivity index (χ0) is 14.8. The molecule has 1 aromatic carbocycles. The molecule has 0 bridgehead atoms. The maximum absolute atomic E-state index is 11.7. The van der Waals surface area contributed by atoms with Crippen LogP contribution in [0.1, 0.15) is 26.3 Å². The van der Waals surface area contributed by atoms with Crippen molar-refractivity contribution in [2.24, 2.45) is 5.92 Å². The van der Waals surface area contributed by atoms with Crippen LogP contribution < -0.4 is 10.6 Å². The van der Waals surface area contributed by atoms with Gasteiger partial charge in [-0.1, -0.05) is 17.7 Å². The number of hydrogen-bond donors (Lipinski definition) is 2. The van der Waals surface area contributed by atoms with Crippen molar-refractivity contribution in [3.63, 3.8) is 0 Å². The largest absolute Gasteiger partial charge is 0.444 e. The molecule has 0 spiro atoms. The van der Waals surface area contributed by atoms with Gasteiger partial charge >= 0.3 is 6.09 Å². The molecule has 110 valence electrons. The molecule has 1 saturated heterocycles. The Morgan fingerprint density at radius 2 is 2.15 bits per heavy atom. The number of anilines is 1. The van der Waals surface area contributed by atoms with Gasteiger partial charge in [-0.25, -0.2) is 4.79 Å². The average molecular weight is 297 g/mol. The smallest absolute Gasteiger partial charge is 0.412 e. The molecule has 0 atom stereocenters. The van der Waals surface area contributed by atoms with Crippen molar-refractivity contribution >= 4 is 23.4 Å². The van der Waals surface area contributed by atoms with Gasteiger partial charge in [0.25, 0.3) is 0 Å². The van der Waals surface area contributed by atoms with Gasteiger partial charge in [-0.2, -0.15) is 0 Å². The van der Waals surface area contributed by atoms with Gasteiger partial charge in [-0.05, 0) is 63.9 Å². The first-order chi connectivity index (χ1) is 9.33. The van der Waals surface area contributed by atoms with Crippen LogP contribution in [0.25, 0.3) is 0 Å². The maximum Gasteiger partial charge on any atom is 0.412 e. The molecule has 1 aliphatic rings. The van der Waals surface area contributed by atoms with Crippen LogP contribution in [0.4, 0.5) is 10.5 Å². The van der Waals surface area contributed by atoms with E-state index in [9.17, 15) is 4.79 Å². The Hall–Kier alpha value is -1.26. The highest BCUT2D eigenvalue weighted by molar-refractivity contribution is 6.31. The first-order valence-electron chi connectivity index (χ1n) is 6.82. The van der Waals surface area contributed by atoms with Crippen LogP contribution in [0.15, 0.2) is 18.2 Å². The third-order valence-electron chi connectivity index (χ3n) is 3.07. The first-order valence-corrected chi connectivity index (χ1v) is 7.20. The molecule has 0 unspecified atom stereocenters. The summed E-state index contributed by atoms with van der Waals surface area (Å²) in [6, 6.07) is 5.59. The van der Waals surface area contributed by atoms with Crippen molar-refractivity contribution in [2.75, 3.05) is 18.4 Å². The van der Waals surface area contributed by atoms with E-state index in [1.165, 1.54) is 0 Å². The van der Waals surface area contributed by atoms with Gasteiger partial charge in [0.1, 0.15) is 5.60 Å². The molecule has 1 aromatic rings. The van der Waals surface area contributed by atoms with Gasteiger partial charge in [0.2, 0.25) is 0 Å². The van der Waals surface area contributed by atoms with Crippen LogP contribution in [0.5, 0.6) is 0 Å². The van der Waals surface area contributed by atoms with Gasteiger partial charge in [0.15, 0.2) is 0 Å². The van der Waals surface area contributed by atoms with Crippen LogP contribution in [-0.4, -0.2) is 24.8 Å². The number of carbonyl (C=O) groups excluding carboxylic acids is 1. The summed E-state index contributed by atoms with van der Waals surface area (Å²) in [7, 11) is 0. The van der Waals surface area contributed by atoms with Gasteiger partial charge in [-0.15, -0.1) is 0 Å². The molecule has 1 heterocycles. The zero-order valence-electron chi connectivity index (χ0n) is 12.1. The summed E-state index contributed by atoms with van der Waals surface area (Å²) in [4.78, 5) is 11.7. The van der Waals surface area contributed by atoms with Crippen LogP contribution >= 0.6 is 11.6 Å². The molecule has 2 rings (SSSR count). The van der Waals surface area contributed by atoms with Gasteiger partial charge in [-0.3, -0.25) is 5.32 Å². The molecule has 20 heavy (non-hydrogen) atoms. The standard InChI is InChI=1S/C15H21ClN2O2/c1-15(2,3)20-14(19)18-12-5-4-11(13(16)7-12)6-10-8-17-9-10/h4-5,7,10,17H,6,8-9H2,1-3H3,(H,18,19). The number of nitrogens with one attached hydrogen (secondary N) is 2. The third kappa shape index (κ3) is 4.39. The number of amides is 1. The maximum atomic E-state index is 11.7. The van der Waals surface area contributed by atoms with E-state index in [4.69, 9.17) is 16.3 Å². The minimum absolute atomic E-state index is 0.468. The monoisotopic (exact) mass is 296 g/mol. The van der Waals surface area contributed by atoms with E-state index in [1.54, 1.807) is 6.07 Å². The topological polar surface area (TPSA) is 50.4 Å². The second-order valence-corrected chi connectivity index (χ2v) is 6.57. The number of rotatable bonds is 3. The van der Waals surface area contributed by atoms with E-state index in [2.05, 4.69) is 10.6 Å². The van der Waals surface area contributed by atoms with Crippen molar-refractivity contribution < 1.29 is 9.53 Å². The van der Waals surface area contributed by atoms with E-state index in [1.807, 2.05) is 32.9 Å². The fourth-order valence-electron chi connectivity index (χ4n) is 2.02. The van der Waals surface area contributed by atoms with E-state index < -0.39 is 11.7 Å². The fraction of sp³-hybridized carbons (Fsp3) is 0.533. The number of ether oxygens (including phenoxy) is 1. The highest BCUT2D eigenvalue weighted by atomic mass is 35.5. The summed E-state index contributed by atoms with van der Waals surface area (Å²) >= 11 is 6.26. The van der Waals surface area contributed by atoms with E-state index in [0.29, 0.717) is 16.6 Å². The summed E-state index contributed by atoms with van der Waals surface area (Å²) < 4.78 is 5.20. The van der Waals surface area contributed by atoms with E-state index in [0.717, 1.165) is 25.1 Å². The van der Waals surface area contributed by atoms with E-state index >= 15 is 0 Å². The molecule has 1 aliphatic heterocycles. The van der Waals surface area contributed by atoms with Gasteiger partial charge in [0.05, 0.1) is 0 Å². The highest BCUT2D eigenvalue weighted by Gasteiger charge is 2.19. The Labute approximate surface area is 124 Å². The molecule has 0 saturated carbocycles. The van der Waals surface area contributed by atoms with Crippen molar-refractivity contribution in [1.82, 2.24) is 5.32 Å². The number of benzene rings is 1. The van der Waals surface area contributed by atoms with Crippen LogP contribution in [-0.2, 0) is 11.2 Å². The lowest BCUT2D eigenvalue weighted by Crippen LogP contribution is -2.43. The third-order valence-corrected chi connectivity index (χ3v) is 3.42. The Morgan fingerprint density at radius 1 is 1.45 bits per heavy atom. The molecule has 2 N–H and O–H groups in total. The fourth-order valence-corrected chi connectivity index (χ4v) is 2.27. The molecule has 1 amide bonds. The predicted molar refractivity (Wildman–Crippen MR) is 81.4 cm³/mol. The van der Waals surface area contributed by atoms with Crippen LogP contribution in [0.2, 0.25) is 5.02 Å². The summed E-state index contributed by atoms with van der Waals surface area (Å²) in [6.45, 7) is 7.59. The lowest BCUT2D eigenvalue weighted by Gasteiger charge is -2.27. The molecule has 1 fully saturated rings. The predicted octanol–water partition coefficient (Wildman–Crippen LogP) is 3.45. The molecule has 0 aliphatic carbocycles. The minimum atomic E-state index is -0.509. The van der Waals surface area contributed by atoms with E-state index in [-0.39, 0.29) is 0 Å². The number of hydrogen-bond acceptors (Lipinski definition) is 3. The Balaban J connectivity index is 1.96. The second-order valence-electron chi connectivity index (χ2n) is 6.16. The lowest BCUT2D eigenvalue weighted by molar-refractivity contribution is 0.0636. The Kier molecular flexibility index (Phi) is 4.55. The van der Waals surface area contributed by atoms with Crippen LogP contribution in [0, 0.1) is 5.92 Å². The molecular weight excluding hydrogens is 276 g/mol. The van der Waals surface area contributed by atoms with Crippen molar-refractivity contribution in [3.8, 4) is 0 Å². The average Bonchev–Trinajstić information content (AvgIpc) is 2.22. The zero-order valence-corrected chi connectivity index (χ0v) is 12.9. The summed E-state index contributed by atoms with van der Waals surface area (Å²) in [6.07, 6.45) is 0.503. The summed E-state index contributed by atoms with van der Waals surface area (Å²) in [5.41, 5.74) is 1.26. The molecule has 4 nitrogen and oxygen atoms in total. The summed E-state index contributed by atoms with van der Waals surface area (Å²) in [5.74, 6) is 0.664. The SMILES string of the molecule is CC(C)(C)OC(=O)Nc1ccc(CC2CNC2)c(Cl)c1. The summed E-state index contributed by atoms with van der Waals surface area (Å²) in [5, 5.41) is 6.62. The number of carbonyl (C=O) groups is 1. The normalized spacial score (nSPS) is 15.6. The molecule has 0 aromatic heterocycles. The Bertz CT molecular complexity index is 493. The quantitative estimate of drug-likeness (QED) is 0.898. The molecule has 5 heteroatoms. The van der Waals surface area contributed by atoms with Gasteiger partial charge in [0, 0.05) is 10.7 Å². The lowest BCUT2D eigenvalue weighted by atomic mass is 9.94. The van der Waals surface area contributed by atoms with Crippen molar-refractivity contribution in [1.29, 1.82) is 0 Å². The van der Waals surface area contributed by atoms with Gasteiger partial charge < -0.3 is 10.1 Å². The van der Waals surface area contributed by atoms with Crippen LogP contribution in [0.3, 0.4) is 0 Å². The minimum Gasteiger partial charge on any atom is -0.444 e. The highest BCUT2D eigenvalue weighted by Crippen LogP contribution is 2.25. The first kappa shape index (κ1) is 15.1. The Morgan fingerprint density at radius 3 is 2.65 bits per heavy atom. The second kappa shape index (κ2) is 6.02. The van der Waals surface area contributed by atoms with Crippen molar-refractivity contribution in [3.05, 3.63) is 28.8 Å². The van der Waals surface area contributed by atoms with Crippen molar-refractivity contribution in [2.45, 2.75) is 32.8 Å². The molecule has 0 radical (unpaired) electrons. The molecular formula is C15H21ClN2O2. The number of halogens is 1.